The van der Waals surface area contributed by atoms with Crippen molar-refractivity contribution in [2.24, 2.45) is 0 Å². The second kappa shape index (κ2) is 6.99. The van der Waals surface area contributed by atoms with E-state index >= 15 is 0 Å². The molecule has 2 rings (SSSR count). The largest absolute Gasteiger partial charge is 0.495 e. The van der Waals surface area contributed by atoms with Crippen LogP contribution >= 0.6 is 11.6 Å². The number of carbonyl (C=O) groups excluding carboxylic acids is 1. The van der Waals surface area contributed by atoms with E-state index in [2.05, 4.69) is 10.6 Å². The lowest BCUT2D eigenvalue weighted by Gasteiger charge is -2.12. The summed E-state index contributed by atoms with van der Waals surface area (Å²) in [5, 5.41) is 6.25. The second-order valence-corrected chi connectivity index (χ2v) is 5.07. The van der Waals surface area contributed by atoms with Crippen molar-refractivity contribution in [3.8, 4) is 5.75 Å². The van der Waals surface area contributed by atoms with Gasteiger partial charge in [0.25, 0.3) is 0 Å². The number of carbonyl (C=O) groups is 1. The van der Waals surface area contributed by atoms with E-state index in [9.17, 15) is 4.79 Å². The van der Waals surface area contributed by atoms with Crippen LogP contribution in [0.4, 0.5) is 10.5 Å². The molecule has 0 aliphatic rings. The maximum Gasteiger partial charge on any atom is 0.319 e. The molecule has 5 heteroatoms. The van der Waals surface area contributed by atoms with Crippen molar-refractivity contribution >= 4 is 23.3 Å². The molecule has 21 heavy (non-hydrogen) atoms. The van der Waals surface area contributed by atoms with E-state index in [4.69, 9.17) is 16.3 Å². The third-order valence-electron chi connectivity index (χ3n) is 2.97. The van der Waals surface area contributed by atoms with Crippen LogP contribution in [-0.2, 0) is 6.54 Å². The first-order valence-corrected chi connectivity index (χ1v) is 6.90. The Bertz CT molecular complexity index is 627. The maximum absolute atomic E-state index is 11.9. The zero-order valence-electron chi connectivity index (χ0n) is 11.9. The lowest BCUT2D eigenvalue weighted by molar-refractivity contribution is 0.251. The third kappa shape index (κ3) is 4.39. The van der Waals surface area contributed by atoms with Crippen molar-refractivity contribution in [3.05, 3.63) is 58.6 Å². The zero-order valence-corrected chi connectivity index (χ0v) is 12.7. The molecule has 0 aliphatic heterocycles. The number of halogens is 1. The molecule has 0 fully saturated rings. The first-order valence-electron chi connectivity index (χ1n) is 6.52. The van der Waals surface area contributed by atoms with Gasteiger partial charge >= 0.3 is 6.03 Å². The summed E-state index contributed by atoms with van der Waals surface area (Å²) in [6.45, 7) is 2.38. The van der Waals surface area contributed by atoms with Crippen molar-refractivity contribution in [3.63, 3.8) is 0 Å². The van der Waals surface area contributed by atoms with Gasteiger partial charge in [-0.3, -0.25) is 0 Å². The highest BCUT2D eigenvalue weighted by atomic mass is 35.5. The summed E-state index contributed by atoms with van der Waals surface area (Å²) in [7, 11) is 1.57. The van der Waals surface area contributed by atoms with Crippen molar-refractivity contribution in [1.82, 2.24) is 5.32 Å². The lowest BCUT2D eigenvalue weighted by atomic mass is 10.2. The van der Waals surface area contributed by atoms with Gasteiger partial charge in [0.05, 0.1) is 12.8 Å². The minimum absolute atomic E-state index is 0.283. The number of methoxy groups -OCH3 is 1. The highest BCUT2D eigenvalue weighted by Gasteiger charge is 2.07. The molecular weight excluding hydrogens is 288 g/mol. The highest BCUT2D eigenvalue weighted by molar-refractivity contribution is 6.30. The van der Waals surface area contributed by atoms with Gasteiger partial charge in [0.15, 0.2) is 0 Å². The number of benzene rings is 2. The Kier molecular flexibility index (Phi) is 5.06. The first-order chi connectivity index (χ1) is 10.1. The van der Waals surface area contributed by atoms with Crippen LogP contribution in [0.25, 0.3) is 0 Å². The van der Waals surface area contributed by atoms with Gasteiger partial charge in [0, 0.05) is 11.6 Å². The second-order valence-electron chi connectivity index (χ2n) is 4.64. The SMILES string of the molecule is COc1ccc(C)cc1NC(=O)NCc1ccc(Cl)cc1. The zero-order chi connectivity index (χ0) is 15.2. The molecule has 0 saturated carbocycles. The highest BCUT2D eigenvalue weighted by Crippen LogP contribution is 2.24. The smallest absolute Gasteiger partial charge is 0.319 e. The van der Waals surface area contributed by atoms with Gasteiger partial charge in [-0.05, 0) is 42.3 Å². The normalized spacial score (nSPS) is 10.0. The van der Waals surface area contributed by atoms with Crippen molar-refractivity contribution in [2.75, 3.05) is 12.4 Å². The lowest BCUT2D eigenvalue weighted by Crippen LogP contribution is -2.28. The molecule has 0 heterocycles. The fraction of sp³-hybridized carbons (Fsp3) is 0.188. The van der Waals surface area contributed by atoms with Crippen LogP contribution in [-0.4, -0.2) is 13.1 Å². The summed E-state index contributed by atoms with van der Waals surface area (Å²) in [6, 6.07) is 12.7. The quantitative estimate of drug-likeness (QED) is 0.897. The summed E-state index contributed by atoms with van der Waals surface area (Å²) in [5.41, 5.74) is 2.67. The van der Waals surface area contributed by atoms with Crippen LogP contribution < -0.4 is 15.4 Å². The van der Waals surface area contributed by atoms with Gasteiger partial charge in [-0.1, -0.05) is 29.8 Å². The minimum Gasteiger partial charge on any atom is -0.495 e. The van der Waals surface area contributed by atoms with Crippen LogP contribution in [0, 0.1) is 6.92 Å². The van der Waals surface area contributed by atoms with E-state index in [-0.39, 0.29) is 6.03 Å². The summed E-state index contributed by atoms with van der Waals surface area (Å²) in [6.07, 6.45) is 0. The number of hydrogen-bond donors (Lipinski definition) is 2. The average Bonchev–Trinajstić information content (AvgIpc) is 2.47. The van der Waals surface area contributed by atoms with E-state index in [0.717, 1.165) is 11.1 Å². The third-order valence-corrected chi connectivity index (χ3v) is 3.22. The monoisotopic (exact) mass is 304 g/mol. The Balaban J connectivity index is 1.95. The van der Waals surface area contributed by atoms with Crippen molar-refractivity contribution in [1.29, 1.82) is 0 Å². The topological polar surface area (TPSA) is 50.4 Å². The Morgan fingerprint density at radius 3 is 2.57 bits per heavy atom. The van der Waals surface area contributed by atoms with Crippen LogP contribution in [0.15, 0.2) is 42.5 Å². The van der Waals surface area contributed by atoms with Gasteiger partial charge < -0.3 is 15.4 Å². The van der Waals surface area contributed by atoms with Crippen LogP contribution in [0.5, 0.6) is 5.75 Å². The Hall–Kier alpha value is -2.20. The van der Waals surface area contributed by atoms with Crippen LogP contribution in [0.2, 0.25) is 5.02 Å². The predicted molar refractivity (Wildman–Crippen MR) is 85.0 cm³/mol. The molecule has 0 unspecified atom stereocenters. The first kappa shape index (κ1) is 15.2. The maximum atomic E-state index is 11.9. The molecule has 2 aromatic carbocycles. The number of ether oxygens (including phenoxy) is 1. The molecule has 2 amide bonds. The summed E-state index contributed by atoms with van der Waals surface area (Å²) in [5.74, 6) is 0.627. The number of aryl methyl sites for hydroxylation is 1. The predicted octanol–water partition coefficient (Wildman–Crippen LogP) is 3.98. The summed E-state index contributed by atoms with van der Waals surface area (Å²) >= 11 is 5.82. The molecule has 2 N–H and O–H groups in total. The van der Waals surface area contributed by atoms with Crippen molar-refractivity contribution < 1.29 is 9.53 Å². The number of rotatable bonds is 4. The fourth-order valence-corrected chi connectivity index (χ4v) is 2.00. The molecule has 0 radical (unpaired) electrons. The van der Waals surface area contributed by atoms with Gasteiger partial charge in [-0.2, -0.15) is 0 Å². The Morgan fingerprint density at radius 2 is 1.90 bits per heavy atom. The fourth-order valence-electron chi connectivity index (χ4n) is 1.87. The number of anilines is 1. The van der Waals surface area contributed by atoms with E-state index in [1.54, 1.807) is 19.2 Å². The molecule has 4 nitrogen and oxygen atoms in total. The summed E-state index contributed by atoms with van der Waals surface area (Å²) < 4.78 is 5.22. The molecule has 2 aromatic rings. The Morgan fingerprint density at radius 1 is 1.19 bits per heavy atom. The number of hydrogen-bond acceptors (Lipinski definition) is 2. The molecule has 0 atom stereocenters. The van der Waals surface area contributed by atoms with Crippen LogP contribution in [0.3, 0.4) is 0 Å². The van der Waals surface area contributed by atoms with E-state index in [1.807, 2.05) is 37.3 Å². The standard InChI is InChI=1S/C16H17ClN2O2/c1-11-3-8-15(21-2)14(9-11)19-16(20)18-10-12-4-6-13(17)7-5-12/h3-9H,10H2,1-2H3,(H2,18,19,20). The van der Waals surface area contributed by atoms with Crippen LogP contribution in [0.1, 0.15) is 11.1 Å². The van der Waals surface area contributed by atoms with Crippen molar-refractivity contribution in [2.45, 2.75) is 13.5 Å². The van der Waals surface area contributed by atoms with E-state index in [1.165, 1.54) is 0 Å². The number of amides is 2. The minimum atomic E-state index is -0.283. The van der Waals surface area contributed by atoms with E-state index in [0.29, 0.717) is 23.0 Å². The molecule has 0 bridgehead atoms. The molecule has 0 saturated heterocycles. The van der Waals surface area contributed by atoms with Gasteiger partial charge in [0.1, 0.15) is 5.75 Å². The summed E-state index contributed by atoms with van der Waals surface area (Å²) in [4.78, 5) is 11.9. The number of nitrogens with one attached hydrogen (secondary N) is 2. The Labute approximate surface area is 129 Å². The molecule has 0 aromatic heterocycles. The molecule has 110 valence electrons. The van der Waals surface area contributed by atoms with Gasteiger partial charge in [-0.15, -0.1) is 0 Å². The molecule has 0 spiro atoms. The number of urea groups is 1. The van der Waals surface area contributed by atoms with E-state index < -0.39 is 0 Å². The van der Waals surface area contributed by atoms with Gasteiger partial charge in [0.2, 0.25) is 0 Å². The molecular formula is C16H17ClN2O2. The average molecular weight is 305 g/mol. The molecule has 0 aliphatic carbocycles. The van der Waals surface area contributed by atoms with Gasteiger partial charge in [-0.25, -0.2) is 4.79 Å².